The molecule has 1 heterocycles. The van der Waals surface area contributed by atoms with E-state index in [0.29, 0.717) is 10.8 Å². The van der Waals surface area contributed by atoms with Crippen LogP contribution in [0.2, 0.25) is 0 Å². The van der Waals surface area contributed by atoms with Crippen molar-refractivity contribution in [3.8, 4) is 0 Å². The van der Waals surface area contributed by atoms with Crippen molar-refractivity contribution < 1.29 is 24.6 Å². The summed E-state index contributed by atoms with van der Waals surface area (Å²) in [4.78, 5) is 37.1. The molecule has 3 rings (SSSR count). The van der Waals surface area contributed by atoms with E-state index in [9.17, 15) is 24.6 Å². The van der Waals surface area contributed by atoms with Crippen LogP contribution in [0.1, 0.15) is 51.6 Å². The third-order valence-electron chi connectivity index (χ3n) is 4.36. The Morgan fingerprint density at radius 3 is 2.07 bits per heavy atom. The molecule has 1 aliphatic heterocycles. The largest absolute Gasteiger partial charge is 0.478 e. The van der Waals surface area contributed by atoms with Gasteiger partial charge in [-0.25, -0.2) is 9.59 Å². The minimum Gasteiger partial charge on any atom is -0.478 e. The van der Waals surface area contributed by atoms with E-state index >= 15 is 0 Å². The summed E-state index contributed by atoms with van der Waals surface area (Å²) in [6, 6.07) is 11.3. The molecule has 0 atom stereocenters. The molecule has 1 amide bonds. The number of amides is 1. The van der Waals surface area contributed by atoms with Gasteiger partial charge in [-0.3, -0.25) is 9.69 Å². The molecule has 2 aromatic carbocycles. The van der Waals surface area contributed by atoms with E-state index in [-0.39, 0.29) is 21.1 Å². The highest BCUT2D eigenvalue weighted by molar-refractivity contribution is 8.27. The number of thioether (sulfide) groups is 1. The molecule has 0 aliphatic carbocycles. The van der Waals surface area contributed by atoms with Crippen LogP contribution in [0.15, 0.2) is 47.4 Å². The molecule has 2 aromatic rings. The number of rotatable bonds is 5. The molecule has 29 heavy (non-hydrogen) atoms. The highest BCUT2D eigenvalue weighted by Gasteiger charge is 2.34. The van der Waals surface area contributed by atoms with Gasteiger partial charge in [0.2, 0.25) is 0 Å². The maximum Gasteiger partial charge on any atom is 0.335 e. The van der Waals surface area contributed by atoms with Crippen LogP contribution < -0.4 is 4.90 Å². The Morgan fingerprint density at radius 1 is 1.03 bits per heavy atom. The van der Waals surface area contributed by atoms with E-state index in [4.69, 9.17) is 12.2 Å². The Balaban J connectivity index is 1.97. The predicted octanol–water partition coefficient (Wildman–Crippen LogP) is 4.61. The van der Waals surface area contributed by atoms with Crippen molar-refractivity contribution in [1.82, 2.24) is 0 Å². The molecule has 0 unspecified atom stereocenters. The number of anilines is 1. The van der Waals surface area contributed by atoms with Gasteiger partial charge >= 0.3 is 11.9 Å². The van der Waals surface area contributed by atoms with Crippen molar-refractivity contribution in [2.45, 2.75) is 19.8 Å². The molecule has 0 saturated carbocycles. The molecule has 0 spiro atoms. The highest BCUT2D eigenvalue weighted by Crippen LogP contribution is 2.37. The Hall–Kier alpha value is -2.97. The number of hydrogen-bond acceptors (Lipinski definition) is 5. The number of carbonyl (C=O) groups is 3. The minimum absolute atomic E-state index is 0.114. The quantitative estimate of drug-likeness (QED) is 0.531. The van der Waals surface area contributed by atoms with E-state index in [1.807, 2.05) is 24.3 Å². The highest BCUT2D eigenvalue weighted by atomic mass is 32.2. The molecule has 0 bridgehead atoms. The molecule has 148 valence electrons. The topological polar surface area (TPSA) is 94.9 Å². The van der Waals surface area contributed by atoms with Crippen molar-refractivity contribution in [2.24, 2.45) is 0 Å². The number of thiocarbonyl (C=S) groups is 1. The van der Waals surface area contributed by atoms with Crippen LogP contribution in [0.25, 0.3) is 6.08 Å². The number of nitrogens with zero attached hydrogens (tertiary/aromatic N) is 1. The number of carboxylic acid groups (broad SMARTS) is 2. The fraction of sp³-hybridized carbons (Fsp3) is 0.143. The summed E-state index contributed by atoms with van der Waals surface area (Å²) in [5.74, 6) is -2.61. The van der Waals surface area contributed by atoms with Gasteiger partial charge in [0.15, 0.2) is 4.32 Å². The average molecular weight is 428 g/mol. The van der Waals surface area contributed by atoms with Gasteiger partial charge in [0.05, 0.1) is 21.7 Å². The summed E-state index contributed by atoms with van der Waals surface area (Å²) in [5.41, 5.74) is 1.66. The van der Waals surface area contributed by atoms with Crippen LogP contribution in [-0.4, -0.2) is 32.4 Å². The molecule has 1 fully saturated rings. The van der Waals surface area contributed by atoms with Crippen molar-refractivity contribution in [2.75, 3.05) is 4.90 Å². The summed E-state index contributed by atoms with van der Waals surface area (Å²) in [6.07, 6.45) is 1.71. The molecule has 1 aliphatic rings. The zero-order valence-electron chi connectivity index (χ0n) is 15.6. The standard InChI is InChI=1S/C21H17NO5S2/c1-11(2)13-5-3-12(4-6-13)7-17-18(23)22(21(28)29-17)16-9-14(19(24)25)8-15(10-16)20(26)27/h3-11H,1-2H3,(H,24,25)(H,26,27). The molecule has 8 heteroatoms. The van der Waals surface area contributed by atoms with Gasteiger partial charge in [-0.05, 0) is 41.3 Å². The Kier molecular flexibility index (Phi) is 5.86. The fourth-order valence-corrected chi connectivity index (χ4v) is 4.11. The average Bonchev–Trinajstić information content (AvgIpc) is 2.94. The lowest BCUT2D eigenvalue weighted by Crippen LogP contribution is -2.28. The maximum absolute atomic E-state index is 12.9. The van der Waals surface area contributed by atoms with Crippen molar-refractivity contribution in [1.29, 1.82) is 0 Å². The summed E-state index contributed by atoms with van der Waals surface area (Å²) in [7, 11) is 0. The van der Waals surface area contributed by atoms with E-state index in [1.165, 1.54) is 17.7 Å². The van der Waals surface area contributed by atoms with E-state index < -0.39 is 17.8 Å². The van der Waals surface area contributed by atoms with Gasteiger partial charge in [0.1, 0.15) is 0 Å². The summed E-state index contributed by atoms with van der Waals surface area (Å²) in [5, 5.41) is 18.5. The number of carbonyl (C=O) groups excluding carboxylic acids is 1. The first-order valence-corrected chi connectivity index (χ1v) is 9.89. The number of hydrogen-bond donors (Lipinski definition) is 2. The zero-order chi connectivity index (χ0) is 21.3. The van der Waals surface area contributed by atoms with Gasteiger partial charge in [-0.1, -0.05) is 62.1 Å². The number of benzene rings is 2. The first-order valence-electron chi connectivity index (χ1n) is 8.67. The molecular formula is C21H17NO5S2. The van der Waals surface area contributed by atoms with Crippen molar-refractivity contribution in [3.63, 3.8) is 0 Å². The van der Waals surface area contributed by atoms with Crippen LogP contribution in [0, 0.1) is 0 Å². The first-order chi connectivity index (χ1) is 13.7. The maximum atomic E-state index is 12.9. The van der Waals surface area contributed by atoms with Crippen LogP contribution in [0.5, 0.6) is 0 Å². The van der Waals surface area contributed by atoms with Crippen molar-refractivity contribution in [3.05, 3.63) is 69.6 Å². The third kappa shape index (κ3) is 4.38. The second-order valence-electron chi connectivity index (χ2n) is 6.72. The predicted molar refractivity (Wildman–Crippen MR) is 117 cm³/mol. The van der Waals surface area contributed by atoms with Gasteiger partial charge in [-0.2, -0.15) is 0 Å². The monoisotopic (exact) mass is 427 g/mol. The smallest absolute Gasteiger partial charge is 0.335 e. The Labute approximate surface area is 176 Å². The van der Waals surface area contributed by atoms with Gasteiger partial charge in [-0.15, -0.1) is 0 Å². The fourth-order valence-electron chi connectivity index (χ4n) is 2.81. The van der Waals surface area contributed by atoms with Gasteiger partial charge < -0.3 is 10.2 Å². The summed E-state index contributed by atoms with van der Waals surface area (Å²) in [6.45, 7) is 4.19. The Bertz CT molecular complexity index is 1020. The Morgan fingerprint density at radius 2 is 1.59 bits per heavy atom. The summed E-state index contributed by atoms with van der Waals surface area (Å²) >= 11 is 6.38. The van der Waals surface area contributed by atoms with Crippen molar-refractivity contribution >= 4 is 57.9 Å². The van der Waals surface area contributed by atoms with E-state index in [1.54, 1.807) is 6.08 Å². The third-order valence-corrected chi connectivity index (χ3v) is 5.67. The molecule has 2 N–H and O–H groups in total. The lowest BCUT2D eigenvalue weighted by molar-refractivity contribution is -0.113. The second kappa shape index (κ2) is 8.18. The molecule has 0 radical (unpaired) electrons. The molecular weight excluding hydrogens is 410 g/mol. The SMILES string of the molecule is CC(C)c1ccc(C=C2SC(=S)N(c3cc(C(=O)O)cc(C(=O)O)c3)C2=O)cc1. The zero-order valence-corrected chi connectivity index (χ0v) is 17.2. The van der Waals surface area contributed by atoms with Crippen LogP contribution in [0.3, 0.4) is 0 Å². The van der Waals surface area contributed by atoms with Gasteiger partial charge in [0, 0.05) is 0 Å². The second-order valence-corrected chi connectivity index (χ2v) is 8.39. The number of aromatic carboxylic acids is 2. The first kappa shape index (κ1) is 20.8. The lowest BCUT2D eigenvalue weighted by atomic mass is 10.0. The van der Waals surface area contributed by atoms with E-state index in [2.05, 4.69) is 13.8 Å². The van der Waals surface area contributed by atoms with Crippen LogP contribution in [-0.2, 0) is 4.79 Å². The lowest BCUT2D eigenvalue weighted by Gasteiger charge is -2.16. The molecule has 6 nitrogen and oxygen atoms in total. The number of carboxylic acids is 2. The van der Waals surface area contributed by atoms with E-state index in [0.717, 1.165) is 28.3 Å². The summed E-state index contributed by atoms with van der Waals surface area (Å²) < 4.78 is 0.207. The minimum atomic E-state index is -1.29. The van der Waals surface area contributed by atoms with Gasteiger partial charge in [0.25, 0.3) is 5.91 Å². The molecule has 0 aromatic heterocycles. The van der Waals surface area contributed by atoms with Crippen LogP contribution >= 0.6 is 24.0 Å². The molecule has 1 saturated heterocycles. The van der Waals surface area contributed by atoms with Crippen LogP contribution in [0.4, 0.5) is 5.69 Å². The normalized spacial score (nSPS) is 15.4.